The molecule has 0 fully saturated rings. The average Bonchev–Trinajstić information content (AvgIpc) is 2.77. The summed E-state index contributed by atoms with van der Waals surface area (Å²) < 4.78 is 2.01. The molecule has 0 radical (unpaired) electrons. The van der Waals surface area contributed by atoms with Crippen LogP contribution in [0.25, 0.3) is 11.1 Å². The Kier molecular flexibility index (Phi) is 3.76. The van der Waals surface area contributed by atoms with Crippen LogP contribution in [0, 0.1) is 5.41 Å². The lowest BCUT2D eigenvalue weighted by Gasteiger charge is -2.33. The van der Waals surface area contributed by atoms with E-state index in [4.69, 9.17) is 5.73 Å². The van der Waals surface area contributed by atoms with Gasteiger partial charge in [-0.05, 0) is 17.9 Å². The molecule has 0 amide bonds. The molecule has 3 heteroatoms. The van der Waals surface area contributed by atoms with Crippen molar-refractivity contribution in [3.05, 3.63) is 42.7 Å². The Labute approximate surface area is 115 Å². The molecule has 1 aromatic heterocycles. The third-order valence-corrected chi connectivity index (χ3v) is 3.38. The quantitative estimate of drug-likeness (QED) is 0.914. The van der Waals surface area contributed by atoms with E-state index in [1.165, 1.54) is 5.56 Å². The maximum atomic E-state index is 6.14. The van der Waals surface area contributed by atoms with Gasteiger partial charge in [-0.2, -0.15) is 5.10 Å². The van der Waals surface area contributed by atoms with Gasteiger partial charge >= 0.3 is 0 Å². The summed E-state index contributed by atoms with van der Waals surface area (Å²) in [6.45, 7) is 8.64. The van der Waals surface area contributed by atoms with Crippen molar-refractivity contribution in [2.75, 3.05) is 0 Å². The Morgan fingerprint density at radius 2 is 1.74 bits per heavy atom. The van der Waals surface area contributed by atoms with Crippen LogP contribution < -0.4 is 5.73 Å². The first kappa shape index (κ1) is 13.8. The molecule has 2 unspecified atom stereocenters. The van der Waals surface area contributed by atoms with Crippen LogP contribution in [0.3, 0.4) is 0 Å². The van der Waals surface area contributed by atoms with Gasteiger partial charge in [0.05, 0.1) is 12.2 Å². The van der Waals surface area contributed by atoms with E-state index in [0.717, 1.165) is 5.56 Å². The largest absolute Gasteiger partial charge is 0.326 e. The van der Waals surface area contributed by atoms with Crippen molar-refractivity contribution in [3.8, 4) is 11.1 Å². The lowest BCUT2D eigenvalue weighted by molar-refractivity contribution is 0.196. The predicted molar refractivity (Wildman–Crippen MR) is 79.8 cm³/mol. The minimum Gasteiger partial charge on any atom is -0.326 e. The Bertz CT molecular complexity index is 520. The highest BCUT2D eigenvalue weighted by molar-refractivity contribution is 5.61. The van der Waals surface area contributed by atoms with Crippen molar-refractivity contribution < 1.29 is 0 Å². The van der Waals surface area contributed by atoms with Crippen LogP contribution in [-0.2, 0) is 0 Å². The van der Waals surface area contributed by atoms with E-state index in [0.29, 0.717) is 0 Å². The topological polar surface area (TPSA) is 43.8 Å². The predicted octanol–water partition coefficient (Wildman–Crippen LogP) is 3.48. The Morgan fingerprint density at radius 1 is 1.11 bits per heavy atom. The zero-order chi connectivity index (χ0) is 14.0. The van der Waals surface area contributed by atoms with Crippen molar-refractivity contribution >= 4 is 0 Å². The second kappa shape index (κ2) is 5.17. The Morgan fingerprint density at radius 3 is 2.26 bits per heavy atom. The van der Waals surface area contributed by atoms with Gasteiger partial charge in [0.25, 0.3) is 0 Å². The number of hydrogen-bond acceptors (Lipinski definition) is 2. The van der Waals surface area contributed by atoms with Crippen LogP contribution in [0.5, 0.6) is 0 Å². The zero-order valence-corrected chi connectivity index (χ0v) is 12.2. The van der Waals surface area contributed by atoms with Crippen LogP contribution >= 0.6 is 0 Å². The smallest absolute Gasteiger partial charge is 0.0715 e. The van der Waals surface area contributed by atoms with Gasteiger partial charge in [-0.3, -0.25) is 4.68 Å². The molecule has 2 aromatic rings. The van der Waals surface area contributed by atoms with Crippen LogP contribution in [0.15, 0.2) is 42.7 Å². The molecule has 0 bridgehead atoms. The molecule has 0 aliphatic rings. The van der Waals surface area contributed by atoms with Gasteiger partial charge in [-0.25, -0.2) is 0 Å². The van der Waals surface area contributed by atoms with Gasteiger partial charge in [-0.1, -0.05) is 51.1 Å². The van der Waals surface area contributed by atoms with E-state index >= 15 is 0 Å². The highest BCUT2D eigenvalue weighted by Gasteiger charge is 2.30. The molecule has 0 aliphatic heterocycles. The van der Waals surface area contributed by atoms with E-state index in [1.54, 1.807) is 0 Å². The molecule has 1 aromatic carbocycles. The number of aromatic nitrogens is 2. The molecule has 19 heavy (non-hydrogen) atoms. The molecule has 0 saturated carbocycles. The summed E-state index contributed by atoms with van der Waals surface area (Å²) in [5, 5.41) is 4.52. The highest BCUT2D eigenvalue weighted by atomic mass is 15.3. The zero-order valence-electron chi connectivity index (χ0n) is 12.2. The van der Waals surface area contributed by atoms with Crippen LogP contribution in [0.2, 0.25) is 0 Å². The number of nitrogens with zero attached hydrogens (tertiary/aromatic N) is 2. The molecule has 2 N–H and O–H groups in total. The van der Waals surface area contributed by atoms with Crippen molar-refractivity contribution in [2.45, 2.75) is 39.8 Å². The fourth-order valence-electron chi connectivity index (χ4n) is 2.70. The molecule has 2 rings (SSSR count). The van der Waals surface area contributed by atoms with Crippen LogP contribution in [-0.4, -0.2) is 15.8 Å². The number of hydrogen-bond donors (Lipinski definition) is 1. The summed E-state index contributed by atoms with van der Waals surface area (Å²) in [5.74, 6) is 0. The third-order valence-electron chi connectivity index (χ3n) is 3.38. The monoisotopic (exact) mass is 257 g/mol. The molecule has 0 saturated heterocycles. The highest BCUT2D eigenvalue weighted by Crippen LogP contribution is 2.33. The van der Waals surface area contributed by atoms with Crippen LogP contribution in [0.1, 0.15) is 33.7 Å². The molecular formula is C16H23N3. The first-order valence-electron chi connectivity index (χ1n) is 6.75. The molecule has 3 nitrogen and oxygen atoms in total. The van der Waals surface area contributed by atoms with Crippen molar-refractivity contribution in [1.29, 1.82) is 0 Å². The lowest BCUT2D eigenvalue weighted by Crippen LogP contribution is -2.38. The van der Waals surface area contributed by atoms with E-state index in [1.807, 2.05) is 36.0 Å². The second-order valence-electron chi connectivity index (χ2n) is 6.25. The van der Waals surface area contributed by atoms with Gasteiger partial charge in [0.2, 0.25) is 0 Å². The summed E-state index contributed by atoms with van der Waals surface area (Å²) in [6.07, 6.45) is 4.01. The summed E-state index contributed by atoms with van der Waals surface area (Å²) in [6, 6.07) is 10.5. The minimum atomic E-state index is 0.0588. The van der Waals surface area contributed by atoms with E-state index < -0.39 is 0 Å². The number of rotatable bonds is 3. The fraction of sp³-hybridized carbons (Fsp3) is 0.438. The van der Waals surface area contributed by atoms with Gasteiger partial charge in [0.15, 0.2) is 0 Å². The molecular weight excluding hydrogens is 234 g/mol. The van der Waals surface area contributed by atoms with Gasteiger partial charge < -0.3 is 5.73 Å². The molecule has 0 aliphatic carbocycles. The summed E-state index contributed by atoms with van der Waals surface area (Å²) >= 11 is 0. The summed E-state index contributed by atoms with van der Waals surface area (Å²) in [5.41, 5.74) is 8.54. The number of benzene rings is 1. The fourth-order valence-corrected chi connectivity index (χ4v) is 2.70. The summed E-state index contributed by atoms with van der Waals surface area (Å²) in [4.78, 5) is 0. The molecule has 1 heterocycles. The first-order valence-corrected chi connectivity index (χ1v) is 6.75. The maximum Gasteiger partial charge on any atom is 0.0715 e. The van der Waals surface area contributed by atoms with Crippen molar-refractivity contribution in [2.24, 2.45) is 11.1 Å². The van der Waals surface area contributed by atoms with Gasteiger partial charge in [0, 0.05) is 17.8 Å². The Balaban J connectivity index is 2.35. The number of nitrogens with two attached hydrogens (primary N) is 1. The SMILES string of the molecule is CC(N)C(n1cc(-c2ccccc2)cn1)C(C)(C)C. The maximum absolute atomic E-state index is 6.14. The van der Waals surface area contributed by atoms with E-state index in [9.17, 15) is 0 Å². The normalized spacial score (nSPS) is 15.2. The standard InChI is InChI=1S/C16H23N3/c1-12(17)15(16(2,3)4)19-11-14(10-18-19)13-8-6-5-7-9-13/h5-12,15H,17H2,1-4H3. The molecule has 2 atom stereocenters. The second-order valence-corrected chi connectivity index (χ2v) is 6.25. The molecule has 102 valence electrons. The van der Waals surface area contributed by atoms with Crippen LogP contribution in [0.4, 0.5) is 0 Å². The van der Waals surface area contributed by atoms with Gasteiger partial charge in [0.1, 0.15) is 0 Å². The average molecular weight is 257 g/mol. The van der Waals surface area contributed by atoms with E-state index in [2.05, 4.69) is 44.2 Å². The van der Waals surface area contributed by atoms with E-state index in [-0.39, 0.29) is 17.5 Å². The Hall–Kier alpha value is -1.61. The van der Waals surface area contributed by atoms with Crippen molar-refractivity contribution in [1.82, 2.24) is 9.78 Å². The molecule has 0 spiro atoms. The van der Waals surface area contributed by atoms with Crippen molar-refractivity contribution in [3.63, 3.8) is 0 Å². The first-order chi connectivity index (χ1) is 8.89. The minimum absolute atomic E-state index is 0.0588. The summed E-state index contributed by atoms with van der Waals surface area (Å²) in [7, 11) is 0. The lowest BCUT2D eigenvalue weighted by atomic mass is 9.83. The van der Waals surface area contributed by atoms with Gasteiger partial charge in [-0.15, -0.1) is 0 Å². The third kappa shape index (κ3) is 3.04.